The molecular formula is C11H11NO5. The Balaban J connectivity index is 2.57. The summed E-state index contributed by atoms with van der Waals surface area (Å²) in [7, 11) is 0. The fourth-order valence-electron chi connectivity index (χ4n) is 1.08. The predicted octanol–water partition coefficient (Wildman–Crippen LogP) is 0.417. The largest absolute Gasteiger partial charge is 0.478 e. The summed E-state index contributed by atoms with van der Waals surface area (Å²) in [4.78, 5) is 32.3. The Kier molecular flexibility index (Phi) is 4.21. The Morgan fingerprint density at radius 3 is 2.12 bits per heavy atom. The van der Waals surface area contributed by atoms with Gasteiger partial charge in [-0.2, -0.15) is 0 Å². The van der Waals surface area contributed by atoms with Crippen LogP contribution in [0.15, 0.2) is 24.3 Å². The van der Waals surface area contributed by atoms with Crippen LogP contribution in [0, 0.1) is 0 Å². The van der Waals surface area contributed by atoms with Crippen molar-refractivity contribution in [3.05, 3.63) is 35.4 Å². The molecular weight excluding hydrogens is 226 g/mol. The van der Waals surface area contributed by atoms with Gasteiger partial charge in [0, 0.05) is 0 Å². The van der Waals surface area contributed by atoms with E-state index in [4.69, 9.17) is 15.6 Å². The summed E-state index contributed by atoms with van der Waals surface area (Å²) in [6, 6.07) is 5.28. The van der Waals surface area contributed by atoms with Crippen LogP contribution in [0.3, 0.4) is 0 Å². The first-order valence-corrected chi connectivity index (χ1v) is 4.79. The second-order valence-electron chi connectivity index (χ2n) is 3.23. The summed E-state index contributed by atoms with van der Waals surface area (Å²) in [6.45, 7) is -0.0884. The number of carboxylic acid groups (broad SMARTS) is 1. The van der Waals surface area contributed by atoms with Gasteiger partial charge in [-0.1, -0.05) is 0 Å². The second kappa shape index (κ2) is 5.64. The van der Waals surface area contributed by atoms with Crippen molar-refractivity contribution < 1.29 is 24.2 Å². The van der Waals surface area contributed by atoms with Crippen molar-refractivity contribution in [3.63, 3.8) is 0 Å². The van der Waals surface area contributed by atoms with E-state index in [9.17, 15) is 14.4 Å². The fraction of sp³-hybridized carbons (Fsp3) is 0.182. The number of aromatic carboxylic acids is 1. The van der Waals surface area contributed by atoms with Crippen molar-refractivity contribution in [2.45, 2.75) is 6.42 Å². The normalized spacial score (nSPS) is 9.65. The first-order valence-electron chi connectivity index (χ1n) is 4.79. The van der Waals surface area contributed by atoms with E-state index >= 15 is 0 Å². The number of carboxylic acids is 1. The van der Waals surface area contributed by atoms with Crippen molar-refractivity contribution in [1.82, 2.24) is 0 Å². The molecule has 3 N–H and O–H groups in total. The number of ether oxygens (including phenoxy) is 1. The third kappa shape index (κ3) is 3.94. The van der Waals surface area contributed by atoms with Gasteiger partial charge in [0.1, 0.15) is 6.61 Å². The van der Waals surface area contributed by atoms with Gasteiger partial charge in [-0.3, -0.25) is 4.79 Å². The lowest BCUT2D eigenvalue weighted by molar-refractivity contribution is -0.118. The molecule has 0 saturated carbocycles. The third-order valence-electron chi connectivity index (χ3n) is 1.95. The molecule has 0 saturated heterocycles. The van der Waals surface area contributed by atoms with Crippen molar-refractivity contribution in [2.75, 3.05) is 6.61 Å². The van der Waals surface area contributed by atoms with Gasteiger partial charge in [-0.25, -0.2) is 9.59 Å². The van der Waals surface area contributed by atoms with Gasteiger partial charge in [0.2, 0.25) is 5.91 Å². The molecule has 0 unspecified atom stereocenters. The zero-order valence-corrected chi connectivity index (χ0v) is 8.88. The van der Waals surface area contributed by atoms with Gasteiger partial charge >= 0.3 is 11.9 Å². The molecule has 0 aliphatic carbocycles. The number of amides is 1. The van der Waals surface area contributed by atoms with Crippen LogP contribution in [0.25, 0.3) is 0 Å². The average molecular weight is 237 g/mol. The van der Waals surface area contributed by atoms with Crippen molar-refractivity contribution in [1.29, 1.82) is 0 Å². The molecule has 0 spiro atoms. The van der Waals surface area contributed by atoms with Crippen molar-refractivity contribution in [3.8, 4) is 0 Å². The summed E-state index contributed by atoms with van der Waals surface area (Å²) < 4.78 is 4.75. The highest BCUT2D eigenvalue weighted by atomic mass is 16.5. The molecule has 0 aliphatic rings. The van der Waals surface area contributed by atoms with Crippen LogP contribution in [0.2, 0.25) is 0 Å². The zero-order valence-electron chi connectivity index (χ0n) is 8.88. The maximum Gasteiger partial charge on any atom is 0.338 e. The lowest BCUT2D eigenvalue weighted by atomic mass is 10.1. The predicted molar refractivity (Wildman–Crippen MR) is 57.5 cm³/mol. The van der Waals surface area contributed by atoms with Gasteiger partial charge in [-0.05, 0) is 24.3 Å². The molecule has 6 nitrogen and oxygen atoms in total. The molecule has 0 aromatic heterocycles. The first-order chi connectivity index (χ1) is 8.00. The summed E-state index contributed by atoms with van der Waals surface area (Å²) >= 11 is 0. The topological polar surface area (TPSA) is 107 Å². The van der Waals surface area contributed by atoms with Crippen LogP contribution >= 0.6 is 0 Å². The average Bonchev–Trinajstić information content (AvgIpc) is 2.28. The van der Waals surface area contributed by atoms with E-state index in [0.717, 1.165) is 0 Å². The Bertz CT molecular complexity index is 438. The molecule has 1 amide bonds. The highest BCUT2D eigenvalue weighted by Gasteiger charge is 2.09. The van der Waals surface area contributed by atoms with E-state index in [1.165, 1.54) is 24.3 Å². The molecule has 0 heterocycles. The van der Waals surface area contributed by atoms with Gasteiger partial charge in [0.25, 0.3) is 0 Å². The summed E-state index contributed by atoms with van der Waals surface area (Å²) in [5.41, 5.74) is 5.18. The number of rotatable bonds is 5. The maximum absolute atomic E-state index is 11.4. The highest BCUT2D eigenvalue weighted by Crippen LogP contribution is 2.06. The summed E-state index contributed by atoms with van der Waals surface area (Å²) in [6.07, 6.45) is -0.0427. The monoisotopic (exact) mass is 237 g/mol. The van der Waals surface area contributed by atoms with Gasteiger partial charge in [-0.15, -0.1) is 0 Å². The number of esters is 1. The maximum atomic E-state index is 11.4. The fourth-order valence-corrected chi connectivity index (χ4v) is 1.08. The molecule has 0 atom stereocenters. The van der Waals surface area contributed by atoms with Crippen LogP contribution < -0.4 is 5.73 Å². The molecule has 1 rings (SSSR count). The lowest BCUT2D eigenvalue weighted by Gasteiger charge is -2.03. The summed E-state index contributed by atoms with van der Waals surface area (Å²) in [5, 5.41) is 8.65. The third-order valence-corrected chi connectivity index (χ3v) is 1.95. The number of hydrogen-bond donors (Lipinski definition) is 2. The first kappa shape index (κ1) is 12.7. The van der Waals surface area contributed by atoms with E-state index in [-0.39, 0.29) is 24.2 Å². The number of benzene rings is 1. The summed E-state index contributed by atoms with van der Waals surface area (Å²) in [5.74, 6) is -2.25. The standard InChI is InChI=1S/C11H11NO5/c12-9(13)5-6-17-11(16)8-3-1-7(2-4-8)10(14)15/h1-4H,5-6H2,(H2,12,13)(H,14,15). The van der Waals surface area contributed by atoms with E-state index in [1.54, 1.807) is 0 Å². The van der Waals surface area contributed by atoms with E-state index in [0.29, 0.717) is 0 Å². The highest BCUT2D eigenvalue weighted by molar-refractivity contribution is 5.92. The Morgan fingerprint density at radius 2 is 1.65 bits per heavy atom. The number of hydrogen-bond acceptors (Lipinski definition) is 4. The molecule has 6 heteroatoms. The van der Waals surface area contributed by atoms with Gasteiger partial charge in [0.05, 0.1) is 17.5 Å². The minimum absolute atomic E-state index is 0.0427. The SMILES string of the molecule is NC(=O)CCOC(=O)c1ccc(C(=O)O)cc1. The van der Waals surface area contributed by atoms with Crippen LogP contribution in [0.5, 0.6) is 0 Å². The van der Waals surface area contributed by atoms with Crippen molar-refractivity contribution >= 4 is 17.8 Å². The molecule has 1 aromatic carbocycles. The van der Waals surface area contributed by atoms with Crippen LogP contribution in [-0.2, 0) is 9.53 Å². The minimum Gasteiger partial charge on any atom is -0.478 e. The minimum atomic E-state index is -1.07. The Hall–Kier alpha value is -2.37. The van der Waals surface area contributed by atoms with E-state index in [1.807, 2.05) is 0 Å². The Labute approximate surface area is 97.0 Å². The second-order valence-corrected chi connectivity index (χ2v) is 3.23. The van der Waals surface area contributed by atoms with Crippen LogP contribution in [-0.4, -0.2) is 29.6 Å². The Morgan fingerprint density at radius 1 is 1.12 bits per heavy atom. The van der Waals surface area contributed by atoms with Gasteiger partial charge < -0.3 is 15.6 Å². The zero-order chi connectivity index (χ0) is 12.8. The molecule has 0 radical (unpaired) electrons. The lowest BCUT2D eigenvalue weighted by Crippen LogP contribution is -2.15. The smallest absolute Gasteiger partial charge is 0.338 e. The number of primary amides is 1. The number of carbonyl (C=O) groups is 3. The quantitative estimate of drug-likeness (QED) is 0.721. The molecule has 17 heavy (non-hydrogen) atoms. The van der Waals surface area contributed by atoms with E-state index in [2.05, 4.69) is 0 Å². The molecule has 0 bridgehead atoms. The molecule has 0 aliphatic heterocycles. The molecule has 90 valence electrons. The van der Waals surface area contributed by atoms with Gasteiger partial charge in [0.15, 0.2) is 0 Å². The van der Waals surface area contributed by atoms with Crippen LogP contribution in [0.4, 0.5) is 0 Å². The molecule has 0 fully saturated rings. The van der Waals surface area contributed by atoms with E-state index < -0.39 is 17.8 Å². The molecule has 1 aromatic rings. The number of carbonyl (C=O) groups excluding carboxylic acids is 2. The van der Waals surface area contributed by atoms with Crippen molar-refractivity contribution in [2.24, 2.45) is 5.73 Å². The number of nitrogens with two attached hydrogens (primary N) is 1. The van der Waals surface area contributed by atoms with Crippen LogP contribution in [0.1, 0.15) is 27.1 Å².